The molecule has 19 heavy (non-hydrogen) atoms. The van der Waals surface area contributed by atoms with Crippen LogP contribution in [-0.2, 0) is 11.2 Å². The van der Waals surface area contributed by atoms with Gasteiger partial charge in [-0.15, -0.1) is 0 Å². The van der Waals surface area contributed by atoms with E-state index >= 15 is 0 Å². The summed E-state index contributed by atoms with van der Waals surface area (Å²) >= 11 is 2.02. The number of methoxy groups -OCH3 is 1. The molecule has 1 aliphatic rings. The maximum atomic E-state index is 5.15. The number of hydrogen-bond donors (Lipinski definition) is 0. The highest BCUT2D eigenvalue weighted by Crippen LogP contribution is 2.31. The second-order valence-corrected chi connectivity index (χ2v) is 6.01. The zero-order valence-corrected chi connectivity index (χ0v) is 12.0. The smallest absolute Gasteiger partial charge is 0.160 e. The molecule has 5 heteroatoms. The highest BCUT2D eigenvalue weighted by Gasteiger charge is 2.23. The van der Waals surface area contributed by atoms with Gasteiger partial charge in [0.1, 0.15) is 11.3 Å². The van der Waals surface area contributed by atoms with Gasteiger partial charge >= 0.3 is 0 Å². The number of fused-ring (bicyclic) bond motifs is 1. The molecule has 0 radical (unpaired) electrons. The second kappa shape index (κ2) is 5.92. The van der Waals surface area contributed by atoms with Gasteiger partial charge in [0.2, 0.25) is 0 Å². The molecule has 1 unspecified atom stereocenters. The SMILES string of the molecule is COCCCc1nc2cccnc2n1C1CCSC1. The Bertz CT molecular complexity index is 549. The van der Waals surface area contributed by atoms with E-state index in [0.717, 1.165) is 30.6 Å². The van der Waals surface area contributed by atoms with Crippen LogP contribution in [0.25, 0.3) is 11.2 Å². The van der Waals surface area contributed by atoms with Gasteiger partial charge in [-0.25, -0.2) is 9.97 Å². The van der Waals surface area contributed by atoms with E-state index in [0.29, 0.717) is 6.04 Å². The van der Waals surface area contributed by atoms with E-state index in [-0.39, 0.29) is 0 Å². The summed E-state index contributed by atoms with van der Waals surface area (Å²) in [5, 5.41) is 0. The predicted molar refractivity (Wildman–Crippen MR) is 78.7 cm³/mol. The third kappa shape index (κ3) is 2.62. The second-order valence-electron chi connectivity index (χ2n) is 4.86. The minimum absolute atomic E-state index is 0.558. The minimum atomic E-state index is 0.558. The largest absolute Gasteiger partial charge is 0.385 e. The highest BCUT2D eigenvalue weighted by atomic mass is 32.2. The van der Waals surface area contributed by atoms with Gasteiger partial charge in [-0.1, -0.05) is 0 Å². The van der Waals surface area contributed by atoms with E-state index in [9.17, 15) is 0 Å². The Morgan fingerprint density at radius 1 is 1.53 bits per heavy atom. The van der Waals surface area contributed by atoms with Crippen molar-refractivity contribution in [1.82, 2.24) is 14.5 Å². The number of nitrogens with zero attached hydrogens (tertiary/aromatic N) is 3. The van der Waals surface area contributed by atoms with E-state index in [1.165, 1.54) is 23.8 Å². The summed E-state index contributed by atoms with van der Waals surface area (Å²) in [4.78, 5) is 9.30. The Balaban J connectivity index is 1.96. The zero-order chi connectivity index (χ0) is 13.1. The van der Waals surface area contributed by atoms with E-state index in [1.54, 1.807) is 7.11 Å². The Labute approximate surface area is 117 Å². The van der Waals surface area contributed by atoms with E-state index in [1.807, 2.05) is 24.0 Å². The summed E-state index contributed by atoms with van der Waals surface area (Å²) in [6.45, 7) is 0.788. The lowest BCUT2D eigenvalue weighted by Crippen LogP contribution is -2.13. The number of aryl methyl sites for hydroxylation is 1. The van der Waals surface area contributed by atoms with Crippen LogP contribution in [0, 0.1) is 0 Å². The van der Waals surface area contributed by atoms with Crippen LogP contribution in [0.3, 0.4) is 0 Å². The molecule has 4 nitrogen and oxygen atoms in total. The van der Waals surface area contributed by atoms with Crippen LogP contribution in [0.2, 0.25) is 0 Å². The number of rotatable bonds is 5. The molecule has 0 bridgehead atoms. The number of hydrogen-bond acceptors (Lipinski definition) is 4. The molecule has 0 N–H and O–H groups in total. The predicted octanol–water partition coefficient (Wildman–Crippen LogP) is 2.69. The lowest BCUT2D eigenvalue weighted by molar-refractivity contribution is 0.194. The normalized spacial score (nSPS) is 19.3. The average molecular weight is 277 g/mol. The van der Waals surface area contributed by atoms with Crippen molar-refractivity contribution in [3.8, 4) is 0 Å². The van der Waals surface area contributed by atoms with Crippen LogP contribution >= 0.6 is 11.8 Å². The standard InChI is InChI=1S/C14H19N3OS/c1-18-8-3-5-13-16-12-4-2-7-15-14(12)17(13)11-6-9-19-10-11/h2,4,7,11H,3,5-6,8-10H2,1H3. The zero-order valence-electron chi connectivity index (χ0n) is 11.2. The molecule has 0 spiro atoms. The van der Waals surface area contributed by atoms with Crippen LogP contribution in [0.1, 0.15) is 24.7 Å². The molecule has 0 aliphatic carbocycles. The summed E-state index contributed by atoms with van der Waals surface area (Å²) < 4.78 is 7.51. The molecule has 1 aliphatic heterocycles. The lowest BCUT2D eigenvalue weighted by Gasteiger charge is -2.14. The van der Waals surface area contributed by atoms with Crippen molar-refractivity contribution in [3.05, 3.63) is 24.2 Å². The van der Waals surface area contributed by atoms with Crippen molar-refractivity contribution in [1.29, 1.82) is 0 Å². The Hall–Kier alpha value is -1.07. The fourth-order valence-electron chi connectivity index (χ4n) is 2.64. The number of pyridine rings is 1. The van der Waals surface area contributed by atoms with Gasteiger partial charge in [0.15, 0.2) is 5.65 Å². The molecule has 1 saturated heterocycles. The molecule has 0 amide bonds. The van der Waals surface area contributed by atoms with E-state index in [2.05, 4.69) is 15.6 Å². The van der Waals surface area contributed by atoms with Crippen molar-refractivity contribution in [3.63, 3.8) is 0 Å². The van der Waals surface area contributed by atoms with Gasteiger partial charge in [0.05, 0.1) is 0 Å². The van der Waals surface area contributed by atoms with Gasteiger partial charge in [-0.05, 0) is 30.7 Å². The molecule has 1 atom stereocenters. The number of ether oxygens (including phenoxy) is 1. The topological polar surface area (TPSA) is 39.9 Å². The maximum absolute atomic E-state index is 5.15. The van der Waals surface area contributed by atoms with Gasteiger partial charge in [0, 0.05) is 38.1 Å². The summed E-state index contributed by atoms with van der Waals surface area (Å²) in [6.07, 6.45) is 5.07. The highest BCUT2D eigenvalue weighted by molar-refractivity contribution is 7.99. The van der Waals surface area contributed by atoms with E-state index < -0.39 is 0 Å². The van der Waals surface area contributed by atoms with Crippen molar-refractivity contribution in [2.24, 2.45) is 0 Å². The first-order valence-corrected chi connectivity index (χ1v) is 7.94. The first-order chi connectivity index (χ1) is 9.40. The van der Waals surface area contributed by atoms with Crippen LogP contribution in [0.5, 0.6) is 0 Å². The number of imidazole rings is 1. The molecule has 2 aromatic heterocycles. The molecule has 3 heterocycles. The molecule has 1 fully saturated rings. The summed E-state index contributed by atoms with van der Waals surface area (Å²) in [5.41, 5.74) is 2.06. The van der Waals surface area contributed by atoms with Crippen molar-refractivity contribution in [2.45, 2.75) is 25.3 Å². The maximum Gasteiger partial charge on any atom is 0.160 e. The molecular formula is C14H19N3OS. The average Bonchev–Trinajstić information content (AvgIpc) is 3.04. The van der Waals surface area contributed by atoms with Crippen LogP contribution in [-0.4, -0.2) is 39.8 Å². The van der Waals surface area contributed by atoms with Crippen molar-refractivity contribution >= 4 is 22.9 Å². The summed E-state index contributed by atoms with van der Waals surface area (Å²) in [6, 6.07) is 4.57. The minimum Gasteiger partial charge on any atom is -0.385 e. The third-order valence-electron chi connectivity index (χ3n) is 3.54. The summed E-state index contributed by atoms with van der Waals surface area (Å²) in [7, 11) is 1.75. The molecule has 0 saturated carbocycles. The van der Waals surface area contributed by atoms with E-state index in [4.69, 9.17) is 9.72 Å². The number of aromatic nitrogens is 3. The molecule has 2 aromatic rings. The molecule has 3 rings (SSSR count). The van der Waals surface area contributed by atoms with Gasteiger partial charge < -0.3 is 9.30 Å². The fraction of sp³-hybridized carbons (Fsp3) is 0.571. The van der Waals surface area contributed by atoms with Crippen molar-refractivity contribution in [2.75, 3.05) is 25.2 Å². The molecule has 102 valence electrons. The van der Waals surface area contributed by atoms with Crippen molar-refractivity contribution < 1.29 is 4.74 Å². The Morgan fingerprint density at radius 2 is 2.47 bits per heavy atom. The molecule has 0 aromatic carbocycles. The monoisotopic (exact) mass is 277 g/mol. The first-order valence-electron chi connectivity index (χ1n) is 6.78. The summed E-state index contributed by atoms with van der Waals surface area (Å²) in [5.74, 6) is 3.59. The molecular weight excluding hydrogens is 258 g/mol. The fourth-order valence-corrected chi connectivity index (χ4v) is 3.83. The van der Waals surface area contributed by atoms with Crippen LogP contribution in [0.4, 0.5) is 0 Å². The number of thioether (sulfide) groups is 1. The third-order valence-corrected chi connectivity index (χ3v) is 4.69. The quantitative estimate of drug-likeness (QED) is 0.788. The lowest BCUT2D eigenvalue weighted by atomic mass is 10.2. The van der Waals surface area contributed by atoms with Crippen LogP contribution < -0.4 is 0 Å². The Morgan fingerprint density at radius 3 is 3.26 bits per heavy atom. The van der Waals surface area contributed by atoms with Gasteiger partial charge in [0.25, 0.3) is 0 Å². The van der Waals surface area contributed by atoms with Crippen LogP contribution in [0.15, 0.2) is 18.3 Å². The van der Waals surface area contributed by atoms with Gasteiger partial charge in [-0.2, -0.15) is 11.8 Å². The first kappa shape index (κ1) is 12.9. The van der Waals surface area contributed by atoms with Gasteiger partial charge in [-0.3, -0.25) is 0 Å². The Kier molecular flexibility index (Phi) is 4.03.